The Morgan fingerprint density at radius 3 is 2.74 bits per heavy atom. The highest BCUT2D eigenvalue weighted by Crippen LogP contribution is 2.26. The van der Waals surface area contributed by atoms with Gasteiger partial charge in [-0.2, -0.15) is 0 Å². The van der Waals surface area contributed by atoms with Crippen molar-refractivity contribution in [1.82, 2.24) is 9.97 Å². The standard InChI is InChI=1S/C11H7N3O4S/c15-11(16)4-3-10-13-6-9(19-10)8-2-1-7(5-12-8)14(17)18/h1-6H,(H,15,16). The lowest BCUT2D eigenvalue weighted by molar-refractivity contribution is -0.385. The SMILES string of the molecule is O=C(O)C=Cc1ncc(-c2ccc([N+](=O)[O-])cn2)s1. The first-order valence-electron chi connectivity index (χ1n) is 5.04. The normalized spacial score (nSPS) is 10.7. The van der Waals surface area contributed by atoms with Crippen LogP contribution in [0.3, 0.4) is 0 Å². The second kappa shape index (κ2) is 5.36. The molecule has 0 aliphatic carbocycles. The zero-order valence-electron chi connectivity index (χ0n) is 9.39. The van der Waals surface area contributed by atoms with Gasteiger partial charge in [0.2, 0.25) is 0 Å². The molecule has 0 fully saturated rings. The van der Waals surface area contributed by atoms with Crippen molar-refractivity contribution < 1.29 is 14.8 Å². The monoisotopic (exact) mass is 277 g/mol. The summed E-state index contributed by atoms with van der Waals surface area (Å²) in [6.07, 6.45) is 5.08. The van der Waals surface area contributed by atoms with Gasteiger partial charge in [-0.3, -0.25) is 10.1 Å². The number of rotatable bonds is 4. The molecule has 0 amide bonds. The summed E-state index contributed by atoms with van der Waals surface area (Å²) >= 11 is 1.25. The van der Waals surface area contributed by atoms with E-state index in [1.807, 2.05) is 0 Å². The zero-order chi connectivity index (χ0) is 13.8. The van der Waals surface area contributed by atoms with Crippen LogP contribution in [0, 0.1) is 10.1 Å². The number of thiazole rings is 1. The van der Waals surface area contributed by atoms with Crippen LogP contribution in [0.2, 0.25) is 0 Å². The molecular formula is C11H7N3O4S. The van der Waals surface area contributed by atoms with Crippen LogP contribution < -0.4 is 0 Å². The lowest BCUT2D eigenvalue weighted by Gasteiger charge is -1.94. The highest BCUT2D eigenvalue weighted by molar-refractivity contribution is 7.15. The molecule has 1 N–H and O–H groups in total. The fourth-order valence-electron chi connectivity index (χ4n) is 1.27. The van der Waals surface area contributed by atoms with Crippen molar-refractivity contribution in [3.8, 4) is 10.6 Å². The molecule has 7 nitrogen and oxygen atoms in total. The van der Waals surface area contributed by atoms with E-state index in [2.05, 4.69) is 9.97 Å². The number of nitrogens with zero attached hydrogens (tertiary/aromatic N) is 3. The van der Waals surface area contributed by atoms with E-state index in [4.69, 9.17) is 5.11 Å². The molecule has 0 saturated carbocycles. The van der Waals surface area contributed by atoms with Gasteiger partial charge in [0.1, 0.15) is 11.2 Å². The van der Waals surface area contributed by atoms with E-state index in [1.54, 1.807) is 6.20 Å². The second-order valence-corrected chi connectivity index (χ2v) is 4.46. The number of carbonyl (C=O) groups is 1. The molecule has 0 aromatic carbocycles. The molecule has 2 aromatic rings. The fourth-order valence-corrected chi connectivity index (χ4v) is 2.06. The first kappa shape index (κ1) is 12.8. The maximum absolute atomic E-state index is 10.5. The van der Waals surface area contributed by atoms with E-state index in [0.29, 0.717) is 15.6 Å². The lowest BCUT2D eigenvalue weighted by Crippen LogP contribution is -1.89. The van der Waals surface area contributed by atoms with Crippen molar-refractivity contribution in [1.29, 1.82) is 0 Å². The van der Waals surface area contributed by atoms with Gasteiger partial charge in [0.05, 0.1) is 15.5 Å². The van der Waals surface area contributed by atoms with Crippen LogP contribution in [0.25, 0.3) is 16.6 Å². The van der Waals surface area contributed by atoms with Crippen LogP contribution in [0.15, 0.2) is 30.6 Å². The smallest absolute Gasteiger partial charge is 0.328 e. The number of hydrogen-bond donors (Lipinski definition) is 1. The van der Waals surface area contributed by atoms with Gasteiger partial charge in [0.15, 0.2) is 0 Å². The van der Waals surface area contributed by atoms with E-state index in [1.165, 1.54) is 35.7 Å². The van der Waals surface area contributed by atoms with Crippen LogP contribution in [0.5, 0.6) is 0 Å². The molecule has 0 atom stereocenters. The number of nitro groups is 1. The average molecular weight is 277 g/mol. The molecule has 8 heteroatoms. The molecule has 0 unspecified atom stereocenters. The van der Waals surface area contributed by atoms with Crippen LogP contribution >= 0.6 is 11.3 Å². The minimum absolute atomic E-state index is 0.0840. The van der Waals surface area contributed by atoms with Gasteiger partial charge >= 0.3 is 5.97 Å². The average Bonchev–Trinajstić information content (AvgIpc) is 2.85. The molecule has 0 bridgehead atoms. The van der Waals surface area contributed by atoms with E-state index in [-0.39, 0.29) is 5.69 Å². The summed E-state index contributed by atoms with van der Waals surface area (Å²) in [6.45, 7) is 0. The Labute approximate surface area is 111 Å². The van der Waals surface area contributed by atoms with Gasteiger partial charge in [0, 0.05) is 18.3 Å². The van der Waals surface area contributed by atoms with Crippen molar-refractivity contribution in [2.45, 2.75) is 0 Å². The fraction of sp³-hybridized carbons (Fsp3) is 0. The maximum atomic E-state index is 10.5. The summed E-state index contributed by atoms with van der Waals surface area (Å²) < 4.78 is 0. The third-order valence-corrected chi connectivity index (χ3v) is 3.09. The number of carboxylic acids is 1. The summed E-state index contributed by atoms with van der Waals surface area (Å²) in [5.74, 6) is -1.05. The largest absolute Gasteiger partial charge is 0.478 e. The van der Waals surface area contributed by atoms with Gasteiger partial charge in [-0.05, 0) is 12.1 Å². The highest BCUT2D eigenvalue weighted by atomic mass is 32.1. The van der Waals surface area contributed by atoms with Gasteiger partial charge in [-0.1, -0.05) is 0 Å². The minimum Gasteiger partial charge on any atom is -0.478 e. The van der Waals surface area contributed by atoms with Gasteiger partial charge < -0.3 is 5.11 Å². The molecule has 0 aliphatic heterocycles. The summed E-state index contributed by atoms with van der Waals surface area (Å²) in [4.78, 5) is 29.0. The van der Waals surface area contributed by atoms with Crippen molar-refractivity contribution in [3.05, 3.63) is 45.7 Å². The van der Waals surface area contributed by atoms with Crippen LogP contribution in [0.1, 0.15) is 5.01 Å². The summed E-state index contributed by atoms with van der Waals surface area (Å²) in [5, 5.41) is 19.5. The lowest BCUT2D eigenvalue weighted by atomic mass is 10.3. The van der Waals surface area contributed by atoms with Crippen molar-refractivity contribution in [3.63, 3.8) is 0 Å². The summed E-state index contributed by atoms with van der Waals surface area (Å²) in [5.41, 5.74) is 0.470. The minimum atomic E-state index is -1.05. The van der Waals surface area contributed by atoms with Crippen molar-refractivity contribution in [2.24, 2.45) is 0 Å². The molecule has 2 rings (SSSR count). The third-order valence-electron chi connectivity index (χ3n) is 2.10. The number of aliphatic carboxylic acids is 1. The Bertz CT molecular complexity index is 648. The summed E-state index contributed by atoms with van der Waals surface area (Å²) in [7, 11) is 0. The molecule has 96 valence electrons. The van der Waals surface area contributed by atoms with Gasteiger partial charge in [-0.25, -0.2) is 14.8 Å². The summed E-state index contributed by atoms with van der Waals surface area (Å²) in [6, 6.07) is 2.88. The molecule has 2 heterocycles. The Balaban J connectivity index is 2.23. The Hall–Kier alpha value is -2.61. The Morgan fingerprint density at radius 2 is 2.16 bits per heavy atom. The quantitative estimate of drug-likeness (QED) is 0.521. The Kier molecular flexibility index (Phi) is 3.62. The predicted molar refractivity (Wildman–Crippen MR) is 68.7 cm³/mol. The van der Waals surface area contributed by atoms with Crippen LogP contribution in [0.4, 0.5) is 5.69 Å². The second-order valence-electron chi connectivity index (χ2n) is 3.39. The van der Waals surface area contributed by atoms with Gasteiger partial charge in [0.25, 0.3) is 5.69 Å². The number of hydrogen-bond acceptors (Lipinski definition) is 6. The van der Waals surface area contributed by atoms with E-state index >= 15 is 0 Å². The number of carboxylic acid groups (broad SMARTS) is 1. The molecule has 0 aliphatic rings. The zero-order valence-corrected chi connectivity index (χ0v) is 10.2. The first-order valence-corrected chi connectivity index (χ1v) is 5.85. The van der Waals surface area contributed by atoms with Crippen LogP contribution in [-0.4, -0.2) is 26.0 Å². The van der Waals surface area contributed by atoms with Crippen LogP contribution in [-0.2, 0) is 4.79 Å². The molecule has 0 saturated heterocycles. The van der Waals surface area contributed by atoms with E-state index in [0.717, 1.165) is 6.08 Å². The molecule has 0 spiro atoms. The predicted octanol–water partition coefficient (Wildman–Crippen LogP) is 2.21. The van der Waals surface area contributed by atoms with E-state index in [9.17, 15) is 14.9 Å². The maximum Gasteiger partial charge on any atom is 0.328 e. The third kappa shape index (κ3) is 3.19. The van der Waals surface area contributed by atoms with E-state index < -0.39 is 10.9 Å². The molecule has 2 aromatic heterocycles. The number of aromatic nitrogens is 2. The highest BCUT2D eigenvalue weighted by Gasteiger charge is 2.08. The Morgan fingerprint density at radius 1 is 1.37 bits per heavy atom. The topological polar surface area (TPSA) is 106 Å². The number of pyridine rings is 1. The first-order chi connectivity index (χ1) is 9.06. The molecular weight excluding hydrogens is 270 g/mol. The molecule has 19 heavy (non-hydrogen) atoms. The molecule has 0 radical (unpaired) electrons. The van der Waals surface area contributed by atoms with Crippen molar-refractivity contribution in [2.75, 3.05) is 0 Å². The van der Waals surface area contributed by atoms with Gasteiger partial charge in [-0.15, -0.1) is 11.3 Å². The van der Waals surface area contributed by atoms with Crippen molar-refractivity contribution >= 4 is 29.1 Å².